The highest BCUT2D eigenvalue weighted by Crippen LogP contribution is 2.25. The average Bonchev–Trinajstić information content (AvgIpc) is 3.47. The highest BCUT2D eigenvalue weighted by atomic mass is 32.2. The van der Waals surface area contributed by atoms with E-state index in [4.69, 9.17) is 9.15 Å². The Morgan fingerprint density at radius 3 is 2.66 bits per heavy atom. The van der Waals surface area contributed by atoms with Crippen LogP contribution in [0.4, 0.5) is 5.13 Å². The van der Waals surface area contributed by atoms with Crippen LogP contribution in [0.25, 0.3) is 11.3 Å². The zero-order valence-corrected chi connectivity index (χ0v) is 19.3. The number of aromatic nitrogens is 3. The molecule has 7 nitrogen and oxygen atoms in total. The predicted molar refractivity (Wildman–Crippen MR) is 126 cm³/mol. The lowest BCUT2D eigenvalue weighted by Gasteiger charge is -2.07. The Kier molecular flexibility index (Phi) is 7.18. The highest BCUT2D eigenvalue weighted by molar-refractivity contribution is 7.99. The number of carbonyl (C=O) groups excluding carboxylic acids is 1. The number of carbonyl (C=O) groups is 1. The standard InChI is InChI=1S/C23H22N4O3S2/c1-15(2)16-8-10-18(11-9-16)29-12-21-26-27-23(30-21)32-14-20(28)25-22-24-19(13-31-22)17-6-4-3-5-7-17/h3-11,13,15H,12,14H2,1-2H3,(H,24,25,28). The van der Waals surface area contributed by atoms with Gasteiger partial charge in [-0.3, -0.25) is 4.79 Å². The van der Waals surface area contributed by atoms with Crippen molar-refractivity contribution in [2.24, 2.45) is 0 Å². The van der Waals surface area contributed by atoms with Gasteiger partial charge in [-0.1, -0.05) is 68.1 Å². The molecule has 0 aliphatic heterocycles. The molecule has 0 spiro atoms. The number of hydrogen-bond acceptors (Lipinski definition) is 8. The van der Waals surface area contributed by atoms with E-state index < -0.39 is 0 Å². The molecule has 4 rings (SSSR count). The number of rotatable bonds is 9. The molecule has 164 valence electrons. The van der Waals surface area contributed by atoms with Crippen LogP contribution in [0.1, 0.15) is 31.2 Å². The molecule has 1 amide bonds. The van der Waals surface area contributed by atoms with Gasteiger partial charge in [-0.05, 0) is 23.6 Å². The van der Waals surface area contributed by atoms with E-state index in [9.17, 15) is 4.79 Å². The summed E-state index contributed by atoms with van der Waals surface area (Å²) in [7, 11) is 0. The molecule has 0 aliphatic carbocycles. The smallest absolute Gasteiger partial charge is 0.277 e. The summed E-state index contributed by atoms with van der Waals surface area (Å²) in [4.78, 5) is 16.7. The van der Waals surface area contributed by atoms with Crippen LogP contribution in [-0.2, 0) is 11.4 Å². The summed E-state index contributed by atoms with van der Waals surface area (Å²) < 4.78 is 11.2. The molecule has 1 N–H and O–H groups in total. The van der Waals surface area contributed by atoms with E-state index >= 15 is 0 Å². The Labute approximate surface area is 194 Å². The van der Waals surface area contributed by atoms with Crippen LogP contribution < -0.4 is 10.1 Å². The maximum Gasteiger partial charge on any atom is 0.277 e. The Bertz CT molecular complexity index is 1160. The van der Waals surface area contributed by atoms with E-state index in [-0.39, 0.29) is 18.3 Å². The summed E-state index contributed by atoms with van der Waals surface area (Å²) in [5, 5.41) is 13.5. The van der Waals surface area contributed by atoms with Crippen molar-refractivity contribution in [3.05, 3.63) is 71.4 Å². The third kappa shape index (κ3) is 5.95. The molecule has 0 radical (unpaired) electrons. The van der Waals surface area contributed by atoms with E-state index in [0.29, 0.717) is 22.2 Å². The molecule has 0 aliphatic rings. The van der Waals surface area contributed by atoms with Crippen molar-refractivity contribution in [2.75, 3.05) is 11.1 Å². The fourth-order valence-electron chi connectivity index (χ4n) is 2.80. The van der Waals surface area contributed by atoms with Crippen LogP contribution >= 0.6 is 23.1 Å². The van der Waals surface area contributed by atoms with Crippen molar-refractivity contribution < 1.29 is 13.9 Å². The summed E-state index contributed by atoms with van der Waals surface area (Å²) in [5.74, 6) is 1.51. The Morgan fingerprint density at radius 1 is 1.12 bits per heavy atom. The maximum absolute atomic E-state index is 12.2. The molecule has 32 heavy (non-hydrogen) atoms. The van der Waals surface area contributed by atoms with Gasteiger partial charge in [0.25, 0.3) is 11.1 Å². The van der Waals surface area contributed by atoms with Gasteiger partial charge in [0.05, 0.1) is 11.4 Å². The first kappa shape index (κ1) is 22.0. The minimum Gasteiger partial charge on any atom is -0.484 e. The van der Waals surface area contributed by atoms with Crippen molar-refractivity contribution in [1.29, 1.82) is 0 Å². The number of ether oxygens (including phenoxy) is 1. The Morgan fingerprint density at radius 2 is 1.91 bits per heavy atom. The lowest BCUT2D eigenvalue weighted by atomic mass is 10.0. The van der Waals surface area contributed by atoms with Crippen LogP contribution in [-0.4, -0.2) is 26.8 Å². The number of thiazole rings is 1. The van der Waals surface area contributed by atoms with Gasteiger partial charge in [-0.2, -0.15) is 0 Å². The molecule has 4 aromatic rings. The predicted octanol–water partition coefficient (Wildman–Crippen LogP) is 5.63. The lowest BCUT2D eigenvalue weighted by molar-refractivity contribution is -0.113. The van der Waals surface area contributed by atoms with E-state index in [1.54, 1.807) is 0 Å². The molecular weight excluding hydrogens is 444 g/mol. The third-order valence-electron chi connectivity index (χ3n) is 4.50. The minimum atomic E-state index is -0.190. The van der Waals surface area contributed by atoms with Gasteiger partial charge < -0.3 is 14.5 Å². The number of hydrogen-bond donors (Lipinski definition) is 1. The van der Waals surface area contributed by atoms with Gasteiger partial charge in [0, 0.05) is 10.9 Å². The summed E-state index contributed by atoms with van der Waals surface area (Å²) in [5.41, 5.74) is 3.09. The van der Waals surface area contributed by atoms with Crippen LogP contribution in [0, 0.1) is 0 Å². The molecular formula is C23H22N4O3S2. The van der Waals surface area contributed by atoms with Crippen molar-refractivity contribution in [2.45, 2.75) is 31.6 Å². The zero-order chi connectivity index (χ0) is 22.3. The van der Waals surface area contributed by atoms with Crippen molar-refractivity contribution >= 4 is 34.1 Å². The van der Waals surface area contributed by atoms with Gasteiger partial charge in [-0.15, -0.1) is 21.5 Å². The molecule has 0 fully saturated rings. The number of anilines is 1. The first-order chi connectivity index (χ1) is 15.6. The number of benzene rings is 2. The fraction of sp³-hybridized carbons (Fsp3) is 0.217. The van der Waals surface area contributed by atoms with Gasteiger partial charge >= 0.3 is 0 Å². The third-order valence-corrected chi connectivity index (χ3v) is 6.08. The zero-order valence-electron chi connectivity index (χ0n) is 17.6. The van der Waals surface area contributed by atoms with Crippen LogP contribution in [0.5, 0.6) is 5.75 Å². The summed E-state index contributed by atoms with van der Waals surface area (Å²) in [6.45, 7) is 4.46. The topological polar surface area (TPSA) is 90.1 Å². The number of amides is 1. The molecule has 2 heterocycles. The molecule has 0 atom stereocenters. The van der Waals surface area contributed by atoms with E-state index in [0.717, 1.165) is 17.0 Å². The molecule has 2 aromatic heterocycles. The van der Waals surface area contributed by atoms with Gasteiger partial charge in [-0.25, -0.2) is 4.98 Å². The second-order valence-electron chi connectivity index (χ2n) is 7.21. The fourth-order valence-corrected chi connectivity index (χ4v) is 4.12. The van der Waals surface area contributed by atoms with Crippen molar-refractivity contribution in [1.82, 2.24) is 15.2 Å². The van der Waals surface area contributed by atoms with E-state index in [1.165, 1.54) is 28.7 Å². The minimum absolute atomic E-state index is 0.138. The van der Waals surface area contributed by atoms with Crippen molar-refractivity contribution in [3.63, 3.8) is 0 Å². The maximum atomic E-state index is 12.2. The second-order valence-corrected chi connectivity index (χ2v) is 9.00. The van der Waals surface area contributed by atoms with Gasteiger partial charge in [0.15, 0.2) is 11.7 Å². The average molecular weight is 467 g/mol. The SMILES string of the molecule is CC(C)c1ccc(OCc2nnc(SCC(=O)Nc3nc(-c4ccccc4)cs3)o2)cc1. The van der Waals surface area contributed by atoms with E-state index in [2.05, 4.69) is 34.3 Å². The van der Waals surface area contributed by atoms with Crippen molar-refractivity contribution in [3.8, 4) is 17.0 Å². The van der Waals surface area contributed by atoms with Crippen LogP contribution in [0.3, 0.4) is 0 Å². The number of nitrogens with one attached hydrogen (secondary N) is 1. The van der Waals surface area contributed by atoms with Crippen LogP contribution in [0.2, 0.25) is 0 Å². The Hall–Kier alpha value is -3.17. The number of nitrogens with zero attached hydrogens (tertiary/aromatic N) is 3. The first-order valence-corrected chi connectivity index (χ1v) is 11.9. The summed E-state index contributed by atoms with van der Waals surface area (Å²) in [6, 6.07) is 17.8. The monoisotopic (exact) mass is 466 g/mol. The van der Waals surface area contributed by atoms with Crippen LogP contribution in [0.15, 0.2) is 69.6 Å². The van der Waals surface area contributed by atoms with Gasteiger partial charge in [0.2, 0.25) is 5.91 Å². The van der Waals surface area contributed by atoms with E-state index in [1.807, 2.05) is 60.0 Å². The second kappa shape index (κ2) is 10.4. The Balaban J connectivity index is 1.23. The van der Waals surface area contributed by atoms with Gasteiger partial charge in [0.1, 0.15) is 5.75 Å². The molecule has 2 aromatic carbocycles. The molecule has 9 heteroatoms. The summed E-state index contributed by atoms with van der Waals surface area (Å²) in [6.07, 6.45) is 0. The number of thioether (sulfide) groups is 1. The molecule has 0 saturated carbocycles. The normalized spacial score (nSPS) is 11.0. The largest absolute Gasteiger partial charge is 0.484 e. The highest BCUT2D eigenvalue weighted by Gasteiger charge is 2.12. The lowest BCUT2D eigenvalue weighted by Crippen LogP contribution is -2.13. The molecule has 0 bridgehead atoms. The summed E-state index contributed by atoms with van der Waals surface area (Å²) >= 11 is 2.55. The first-order valence-electron chi connectivity index (χ1n) is 10.1. The quantitative estimate of drug-likeness (QED) is 0.320. The molecule has 0 unspecified atom stereocenters. The molecule has 0 saturated heterocycles.